The SMILES string of the molecule is Cc1cc(C)cc(NC(=O)C(C)(C)C(=O)N(C)CCc2ccncc2)c1. The molecular formula is C21H27N3O2. The van der Waals surface area contributed by atoms with Gasteiger partial charge in [-0.15, -0.1) is 0 Å². The molecule has 0 radical (unpaired) electrons. The maximum Gasteiger partial charge on any atom is 0.239 e. The van der Waals surface area contributed by atoms with Crippen molar-refractivity contribution < 1.29 is 9.59 Å². The van der Waals surface area contributed by atoms with Crippen LogP contribution in [-0.4, -0.2) is 35.3 Å². The molecule has 1 aromatic carbocycles. The molecule has 2 aromatic rings. The maximum absolute atomic E-state index is 12.8. The van der Waals surface area contributed by atoms with E-state index in [9.17, 15) is 9.59 Å². The van der Waals surface area contributed by atoms with Crippen LogP contribution in [0.3, 0.4) is 0 Å². The lowest BCUT2D eigenvalue weighted by Gasteiger charge is -2.28. The van der Waals surface area contributed by atoms with Gasteiger partial charge in [-0.2, -0.15) is 0 Å². The average molecular weight is 353 g/mol. The Hall–Kier alpha value is -2.69. The molecule has 0 aliphatic rings. The van der Waals surface area contributed by atoms with Gasteiger partial charge in [0.1, 0.15) is 5.41 Å². The molecule has 1 N–H and O–H groups in total. The smallest absolute Gasteiger partial charge is 0.239 e. The summed E-state index contributed by atoms with van der Waals surface area (Å²) in [5.74, 6) is -0.503. The first kappa shape index (κ1) is 19.6. The number of nitrogens with zero attached hydrogens (tertiary/aromatic N) is 2. The summed E-state index contributed by atoms with van der Waals surface area (Å²) in [7, 11) is 1.73. The summed E-state index contributed by atoms with van der Waals surface area (Å²) < 4.78 is 0. The average Bonchev–Trinajstić information content (AvgIpc) is 2.58. The Bertz CT molecular complexity index is 765. The van der Waals surface area contributed by atoms with Gasteiger partial charge in [-0.05, 0) is 75.1 Å². The number of likely N-dealkylation sites (N-methyl/N-ethyl adjacent to an activating group) is 1. The number of carbonyl (C=O) groups is 2. The fourth-order valence-electron chi connectivity index (χ4n) is 2.86. The van der Waals surface area contributed by atoms with Crippen molar-refractivity contribution in [2.45, 2.75) is 34.1 Å². The van der Waals surface area contributed by atoms with Gasteiger partial charge in [0.25, 0.3) is 0 Å². The third-order valence-electron chi connectivity index (χ3n) is 4.41. The number of anilines is 1. The van der Waals surface area contributed by atoms with Gasteiger partial charge in [0.2, 0.25) is 11.8 Å². The lowest BCUT2D eigenvalue weighted by molar-refractivity contribution is -0.145. The molecule has 2 amide bonds. The van der Waals surface area contributed by atoms with Crippen molar-refractivity contribution in [3.63, 3.8) is 0 Å². The summed E-state index contributed by atoms with van der Waals surface area (Å²) >= 11 is 0. The van der Waals surface area contributed by atoms with E-state index >= 15 is 0 Å². The van der Waals surface area contributed by atoms with Gasteiger partial charge < -0.3 is 10.2 Å². The van der Waals surface area contributed by atoms with Gasteiger partial charge in [-0.25, -0.2) is 0 Å². The predicted octanol–water partition coefficient (Wildman–Crippen LogP) is 3.36. The second-order valence-electron chi connectivity index (χ2n) is 7.29. The quantitative estimate of drug-likeness (QED) is 0.810. The molecule has 1 aromatic heterocycles. The van der Waals surface area contributed by atoms with Crippen LogP contribution in [0.1, 0.15) is 30.5 Å². The molecule has 0 unspecified atom stereocenters. The summed E-state index contributed by atoms with van der Waals surface area (Å²) in [6, 6.07) is 9.70. The monoisotopic (exact) mass is 353 g/mol. The minimum absolute atomic E-state index is 0.201. The van der Waals surface area contributed by atoms with Crippen LogP contribution in [0.2, 0.25) is 0 Å². The molecule has 5 nitrogen and oxygen atoms in total. The zero-order chi connectivity index (χ0) is 19.3. The van der Waals surface area contributed by atoms with Gasteiger partial charge in [0, 0.05) is 31.7 Å². The van der Waals surface area contributed by atoms with E-state index in [1.54, 1.807) is 38.2 Å². The van der Waals surface area contributed by atoms with E-state index in [1.165, 1.54) is 0 Å². The predicted molar refractivity (Wildman–Crippen MR) is 104 cm³/mol. The first-order valence-corrected chi connectivity index (χ1v) is 8.74. The molecule has 0 atom stereocenters. The summed E-state index contributed by atoms with van der Waals surface area (Å²) in [6.45, 7) is 7.83. The van der Waals surface area contributed by atoms with Crippen LogP contribution in [0.4, 0.5) is 5.69 Å². The molecule has 138 valence electrons. The highest BCUT2D eigenvalue weighted by atomic mass is 16.2. The fraction of sp³-hybridized carbons (Fsp3) is 0.381. The number of aryl methyl sites for hydroxylation is 2. The lowest BCUT2D eigenvalue weighted by Crippen LogP contribution is -2.46. The zero-order valence-electron chi connectivity index (χ0n) is 16.2. The second kappa shape index (κ2) is 8.13. The van der Waals surface area contributed by atoms with Crippen LogP contribution >= 0.6 is 0 Å². The maximum atomic E-state index is 12.8. The minimum atomic E-state index is -1.15. The standard InChI is InChI=1S/C21H27N3O2/c1-15-12-16(2)14-18(13-15)23-19(25)21(3,4)20(26)24(5)11-8-17-6-9-22-10-7-17/h6-7,9-10,12-14H,8,11H2,1-5H3,(H,23,25). The zero-order valence-corrected chi connectivity index (χ0v) is 16.2. The first-order valence-electron chi connectivity index (χ1n) is 8.74. The van der Waals surface area contributed by atoms with Crippen LogP contribution in [0.25, 0.3) is 0 Å². The Morgan fingerprint density at radius 3 is 2.23 bits per heavy atom. The Balaban J connectivity index is 2.01. The summed E-state index contributed by atoms with van der Waals surface area (Å²) in [4.78, 5) is 31.1. The van der Waals surface area contributed by atoms with Crippen molar-refractivity contribution in [3.05, 3.63) is 59.4 Å². The van der Waals surface area contributed by atoms with Crippen molar-refractivity contribution in [2.24, 2.45) is 5.41 Å². The van der Waals surface area contributed by atoms with Gasteiger partial charge >= 0.3 is 0 Å². The fourth-order valence-corrected chi connectivity index (χ4v) is 2.86. The third-order valence-corrected chi connectivity index (χ3v) is 4.41. The molecule has 0 aliphatic carbocycles. The number of rotatable bonds is 6. The second-order valence-corrected chi connectivity index (χ2v) is 7.29. The largest absolute Gasteiger partial charge is 0.345 e. The van der Waals surface area contributed by atoms with E-state index in [4.69, 9.17) is 0 Å². The number of hydrogen-bond acceptors (Lipinski definition) is 3. The number of aromatic nitrogens is 1. The Kier molecular flexibility index (Phi) is 6.14. The molecule has 1 heterocycles. The van der Waals surface area contributed by atoms with Gasteiger partial charge in [-0.1, -0.05) is 6.07 Å². The summed E-state index contributed by atoms with van der Waals surface area (Å²) in [5, 5.41) is 2.88. The molecule has 2 rings (SSSR count). The topological polar surface area (TPSA) is 62.3 Å². The Labute approximate surface area is 155 Å². The Morgan fingerprint density at radius 1 is 1.08 bits per heavy atom. The van der Waals surface area contributed by atoms with Gasteiger partial charge in [0.05, 0.1) is 0 Å². The lowest BCUT2D eigenvalue weighted by atomic mass is 9.90. The molecule has 0 saturated heterocycles. The molecular weight excluding hydrogens is 326 g/mol. The normalized spacial score (nSPS) is 11.1. The molecule has 0 fully saturated rings. The number of amides is 2. The number of nitrogens with one attached hydrogen (secondary N) is 1. The number of carbonyl (C=O) groups excluding carboxylic acids is 2. The minimum Gasteiger partial charge on any atom is -0.345 e. The van der Waals surface area contributed by atoms with Crippen LogP contribution in [0.15, 0.2) is 42.7 Å². The molecule has 26 heavy (non-hydrogen) atoms. The third kappa shape index (κ3) is 4.91. The van der Waals surface area contributed by atoms with Gasteiger partial charge in [0.15, 0.2) is 0 Å². The van der Waals surface area contributed by atoms with Crippen molar-refractivity contribution in [2.75, 3.05) is 18.9 Å². The summed E-state index contributed by atoms with van der Waals surface area (Å²) in [6.07, 6.45) is 4.19. The van der Waals surface area contributed by atoms with Crippen LogP contribution in [0.5, 0.6) is 0 Å². The van der Waals surface area contributed by atoms with Crippen molar-refractivity contribution in [1.29, 1.82) is 0 Å². The van der Waals surface area contributed by atoms with Crippen LogP contribution in [0, 0.1) is 19.3 Å². The number of pyridine rings is 1. The first-order chi connectivity index (χ1) is 12.2. The van der Waals surface area contributed by atoms with Crippen molar-refractivity contribution >= 4 is 17.5 Å². The number of hydrogen-bond donors (Lipinski definition) is 1. The molecule has 0 aliphatic heterocycles. The van der Waals surface area contributed by atoms with Crippen LogP contribution < -0.4 is 5.32 Å². The highest BCUT2D eigenvalue weighted by Crippen LogP contribution is 2.23. The highest BCUT2D eigenvalue weighted by Gasteiger charge is 2.38. The molecule has 5 heteroatoms. The number of benzene rings is 1. The van der Waals surface area contributed by atoms with E-state index in [0.717, 1.165) is 23.1 Å². The van der Waals surface area contributed by atoms with E-state index in [2.05, 4.69) is 10.3 Å². The Morgan fingerprint density at radius 2 is 1.65 bits per heavy atom. The van der Waals surface area contributed by atoms with Crippen LogP contribution in [-0.2, 0) is 16.0 Å². The van der Waals surface area contributed by atoms with E-state index in [0.29, 0.717) is 12.2 Å². The molecule has 0 spiro atoms. The summed E-state index contributed by atoms with van der Waals surface area (Å²) in [5.41, 5.74) is 2.81. The molecule has 0 bridgehead atoms. The van der Waals surface area contributed by atoms with Crippen molar-refractivity contribution in [1.82, 2.24) is 9.88 Å². The highest BCUT2D eigenvalue weighted by molar-refractivity contribution is 6.09. The molecule has 0 saturated carbocycles. The van der Waals surface area contributed by atoms with E-state index in [1.807, 2.05) is 44.2 Å². The van der Waals surface area contributed by atoms with E-state index < -0.39 is 5.41 Å². The van der Waals surface area contributed by atoms with Crippen molar-refractivity contribution in [3.8, 4) is 0 Å². The van der Waals surface area contributed by atoms with Gasteiger partial charge in [-0.3, -0.25) is 14.6 Å². The van der Waals surface area contributed by atoms with E-state index in [-0.39, 0.29) is 11.8 Å².